The van der Waals surface area contributed by atoms with Crippen molar-refractivity contribution < 1.29 is 67.2 Å². The molecule has 56 heavy (non-hydrogen) atoms. The summed E-state index contributed by atoms with van der Waals surface area (Å²) in [6.07, 6.45) is -9.54. The summed E-state index contributed by atoms with van der Waals surface area (Å²) in [4.78, 5) is 27.6. The summed E-state index contributed by atoms with van der Waals surface area (Å²) in [7, 11) is 0. The van der Waals surface area contributed by atoms with Crippen molar-refractivity contribution >= 4 is 11.9 Å². The van der Waals surface area contributed by atoms with Crippen molar-refractivity contribution in [1.82, 2.24) is 0 Å². The summed E-state index contributed by atoms with van der Waals surface area (Å²) < 4.78 is 62.9. The Hall–Kier alpha value is -2.15. The van der Waals surface area contributed by atoms with Crippen molar-refractivity contribution in [1.29, 1.82) is 0 Å². The Bertz CT molecular complexity index is 1300. The molecule has 4 aliphatic rings. The summed E-state index contributed by atoms with van der Waals surface area (Å²) in [5.41, 5.74) is 8.61. The number of nitrogens with zero attached hydrogens (tertiary/aromatic N) is 3. The standard InChI is InChI=1S/C39H67N3O14/c1-12-26-18(4)19(5)33(48-24(10)44)38(50-26)56-34-30(46)29(17-43)53-39(35(34)49-25(11)45)55-32-21(7)23(9)37(52-28(32)14-3)54-31-20(6)22(8)36(51-27(31)13-2)47-16-15-41-42-40/h18-23,26-39,43,46H,12-17H2,1-11H3/t18-,19?,20+,21-,22?,23?,26-,27?,28?,29?,30+,31-,32-,33?,34-,35?,36+,37-,38+,39-/m0/s1. The van der Waals surface area contributed by atoms with Crippen LogP contribution in [0.2, 0.25) is 0 Å². The second-order valence-corrected chi connectivity index (χ2v) is 16.0. The fourth-order valence-electron chi connectivity index (χ4n) is 8.48. The van der Waals surface area contributed by atoms with E-state index in [9.17, 15) is 19.8 Å². The highest BCUT2D eigenvalue weighted by atomic mass is 16.8. The van der Waals surface area contributed by atoms with Crippen molar-refractivity contribution in [2.45, 2.75) is 182 Å². The zero-order chi connectivity index (χ0) is 41.4. The predicted molar refractivity (Wildman–Crippen MR) is 199 cm³/mol. The summed E-state index contributed by atoms with van der Waals surface area (Å²) in [5, 5.41) is 25.4. The molecule has 0 aliphatic carbocycles. The van der Waals surface area contributed by atoms with Gasteiger partial charge in [-0.25, -0.2) is 0 Å². The molecule has 2 N–H and O–H groups in total. The van der Waals surface area contributed by atoms with Gasteiger partial charge in [-0.2, -0.15) is 0 Å². The van der Waals surface area contributed by atoms with E-state index in [4.69, 9.17) is 52.9 Å². The molecule has 0 aromatic carbocycles. The number of azide groups is 1. The Morgan fingerprint density at radius 1 is 0.607 bits per heavy atom. The van der Waals surface area contributed by atoms with E-state index >= 15 is 0 Å². The van der Waals surface area contributed by atoms with Crippen LogP contribution in [0.1, 0.15) is 95.4 Å². The predicted octanol–water partition coefficient (Wildman–Crippen LogP) is 4.63. The highest BCUT2D eigenvalue weighted by Gasteiger charge is 2.55. The van der Waals surface area contributed by atoms with Crippen molar-refractivity contribution in [3.05, 3.63) is 10.4 Å². The molecular formula is C39H67N3O14. The maximum Gasteiger partial charge on any atom is 0.303 e. The second kappa shape index (κ2) is 21.2. The molecule has 4 rings (SSSR count). The summed E-state index contributed by atoms with van der Waals surface area (Å²) in [6.45, 7) is 20.6. The number of hydrogen-bond acceptors (Lipinski definition) is 15. The van der Waals surface area contributed by atoms with Gasteiger partial charge in [-0.1, -0.05) is 67.4 Å². The lowest BCUT2D eigenvalue weighted by Gasteiger charge is -2.51. The van der Waals surface area contributed by atoms with Crippen LogP contribution in [-0.4, -0.2) is 128 Å². The van der Waals surface area contributed by atoms with Crippen molar-refractivity contribution in [3.8, 4) is 0 Å². The molecule has 0 radical (unpaired) electrons. The van der Waals surface area contributed by atoms with Crippen molar-refractivity contribution in [3.63, 3.8) is 0 Å². The van der Waals surface area contributed by atoms with Crippen LogP contribution in [0.5, 0.6) is 0 Å². The first-order chi connectivity index (χ1) is 26.6. The van der Waals surface area contributed by atoms with Crippen molar-refractivity contribution in [2.24, 2.45) is 40.6 Å². The number of ether oxygens (including phenoxy) is 10. The van der Waals surface area contributed by atoms with Gasteiger partial charge in [0.15, 0.2) is 37.4 Å². The third-order valence-corrected chi connectivity index (χ3v) is 12.4. The van der Waals surface area contributed by atoms with Gasteiger partial charge in [0.25, 0.3) is 0 Å². The molecule has 0 amide bonds. The molecule has 4 heterocycles. The molecule has 322 valence electrons. The van der Waals surface area contributed by atoms with E-state index in [0.29, 0.717) is 19.3 Å². The average molecular weight is 802 g/mol. The van der Waals surface area contributed by atoms with E-state index in [0.717, 1.165) is 0 Å². The van der Waals surface area contributed by atoms with Gasteiger partial charge in [0.1, 0.15) is 18.3 Å². The lowest BCUT2D eigenvalue weighted by atomic mass is 9.82. The summed E-state index contributed by atoms with van der Waals surface area (Å²) >= 11 is 0. The molecule has 20 atom stereocenters. The Morgan fingerprint density at radius 3 is 1.59 bits per heavy atom. The minimum Gasteiger partial charge on any atom is -0.457 e. The molecule has 0 aromatic rings. The third-order valence-electron chi connectivity index (χ3n) is 12.4. The van der Waals surface area contributed by atoms with Crippen LogP contribution in [0.3, 0.4) is 0 Å². The van der Waals surface area contributed by atoms with E-state index in [1.165, 1.54) is 13.8 Å². The van der Waals surface area contributed by atoms with Gasteiger partial charge in [-0.3, -0.25) is 9.59 Å². The maximum absolute atomic E-state index is 12.6. The molecule has 4 saturated heterocycles. The molecule has 17 nitrogen and oxygen atoms in total. The smallest absolute Gasteiger partial charge is 0.303 e. The minimum atomic E-state index is -1.47. The lowest BCUT2D eigenvalue weighted by molar-refractivity contribution is -0.375. The molecule has 0 spiro atoms. The van der Waals surface area contributed by atoms with Crippen LogP contribution in [-0.2, 0) is 57.0 Å². The van der Waals surface area contributed by atoms with E-state index in [-0.39, 0.29) is 67.0 Å². The molecule has 4 fully saturated rings. The first-order valence-electron chi connectivity index (χ1n) is 20.5. The minimum absolute atomic E-state index is 0.0160. The quantitative estimate of drug-likeness (QED) is 0.0716. The zero-order valence-corrected chi connectivity index (χ0v) is 34.9. The first-order valence-corrected chi connectivity index (χ1v) is 20.5. The normalized spacial score (nSPS) is 44.4. The monoisotopic (exact) mass is 801 g/mol. The van der Waals surface area contributed by atoms with Crippen LogP contribution in [0.4, 0.5) is 0 Å². The molecule has 4 aliphatic heterocycles. The Kier molecular flexibility index (Phi) is 17.6. The van der Waals surface area contributed by atoms with Gasteiger partial charge in [0, 0.05) is 43.1 Å². The van der Waals surface area contributed by atoms with Crippen LogP contribution in [0.25, 0.3) is 10.4 Å². The Labute approximate surface area is 331 Å². The fourth-order valence-corrected chi connectivity index (χ4v) is 8.48. The second-order valence-electron chi connectivity index (χ2n) is 16.0. The lowest BCUT2D eigenvalue weighted by Crippen LogP contribution is -2.65. The van der Waals surface area contributed by atoms with Gasteiger partial charge < -0.3 is 57.6 Å². The zero-order valence-electron chi connectivity index (χ0n) is 34.9. The van der Waals surface area contributed by atoms with Crippen LogP contribution >= 0.6 is 0 Å². The maximum atomic E-state index is 12.6. The molecule has 0 bridgehead atoms. The molecular weight excluding hydrogens is 734 g/mol. The third kappa shape index (κ3) is 10.7. The molecule has 17 heteroatoms. The van der Waals surface area contributed by atoms with Gasteiger partial charge in [-0.15, -0.1) is 0 Å². The summed E-state index contributed by atoms with van der Waals surface area (Å²) in [5.74, 6) is -1.65. The number of carbonyl (C=O) groups is 2. The largest absolute Gasteiger partial charge is 0.457 e. The van der Waals surface area contributed by atoms with Crippen LogP contribution < -0.4 is 0 Å². The number of aliphatic hydroxyl groups is 2. The van der Waals surface area contributed by atoms with E-state index < -0.39 is 86.4 Å². The van der Waals surface area contributed by atoms with E-state index in [2.05, 4.69) is 23.9 Å². The van der Waals surface area contributed by atoms with Crippen LogP contribution in [0.15, 0.2) is 5.11 Å². The van der Waals surface area contributed by atoms with Crippen LogP contribution in [0, 0.1) is 35.5 Å². The molecule has 0 saturated carbocycles. The topological polar surface area (TPSA) is 216 Å². The van der Waals surface area contributed by atoms with E-state index in [1.807, 2.05) is 48.5 Å². The van der Waals surface area contributed by atoms with Gasteiger partial charge in [0.05, 0.1) is 43.7 Å². The number of carbonyl (C=O) groups excluding carboxylic acids is 2. The Balaban J connectivity index is 1.55. The SMILES string of the molecule is CCC1O[C@@H](OCCN=[N+]=[N-])C(C)[C@@H](C)[C@@H]1O[C@@H]1OC(CC)[C@@H](O[C@@H]2OC(CO)[C@@H](O)[C@H](O[C@H]3O[C@@H](CC)[C@@H](C)C(C)C3OC(C)=O)C2OC(C)=O)[C@@H](C)C1C. The van der Waals surface area contributed by atoms with E-state index in [1.54, 1.807) is 0 Å². The number of esters is 2. The highest BCUT2D eigenvalue weighted by molar-refractivity contribution is 5.66. The Morgan fingerprint density at radius 2 is 1.05 bits per heavy atom. The number of hydrogen-bond donors (Lipinski definition) is 2. The molecule has 8 unspecified atom stereocenters. The fraction of sp³-hybridized carbons (Fsp3) is 0.949. The first kappa shape index (κ1) is 46.5. The number of aliphatic hydroxyl groups excluding tert-OH is 2. The van der Waals surface area contributed by atoms with Crippen molar-refractivity contribution in [2.75, 3.05) is 19.8 Å². The number of rotatable bonds is 16. The van der Waals surface area contributed by atoms with Gasteiger partial charge >= 0.3 is 11.9 Å². The summed E-state index contributed by atoms with van der Waals surface area (Å²) in [6, 6.07) is 0. The van der Waals surface area contributed by atoms with Gasteiger partial charge in [-0.05, 0) is 42.5 Å². The van der Waals surface area contributed by atoms with Gasteiger partial charge in [0.2, 0.25) is 0 Å². The molecule has 0 aromatic heterocycles. The highest BCUT2D eigenvalue weighted by Crippen LogP contribution is 2.42. The average Bonchev–Trinajstić information content (AvgIpc) is 3.16.